The summed E-state index contributed by atoms with van der Waals surface area (Å²) in [5, 5.41) is 14.5. The molecule has 0 unspecified atom stereocenters. The Bertz CT molecular complexity index is 1260. The highest BCUT2D eigenvalue weighted by molar-refractivity contribution is 8.00. The van der Waals surface area contributed by atoms with Gasteiger partial charge in [-0.1, -0.05) is 36.4 Å². The number of hydrogen-bond donors (Lipinski definition) is 3. The summed E-state index contributed by atoms with van der Waals surface area (Å²) < 4.78 is 0.743. The zero-order chi connectivity index (χ0) is 26.6. The monoisotopic (exact) mass is 541 g/mol. The molecule has 0 spiro atoms. The van der Waals surface area contributed by atoms with Gasteiger partial charge in [0.25, 0.3) is 5.91 Å². The van der Waals surface area contributed by atoms with Gasteiger partial charge in [-0.3, -0.25) is 14.5 Å². The lowest BCUT2D eigenvalue weighted by atomic mass is 10.0. The highest BCUT2D eigenvalue weighted by Gasteiger charge is 2.53. The molecule has 8 nitrogen and oxygen atoms in total. The molecule has 1 saturated heterocycles. The number of nitrogens with zero attached hydrogens (tertiary/aromatic N) is 2. The largest absolute Gasteiger partial charge is 0.477 e. The third kappa shape index (κ3) is 6.38. The smallest absolute Gasteiger partial charge is 0.352 e. The Balaban J connectivity index is 1.36. The fourth-order valence-corrected chi connectivity index (χ4v) is 6.56. The van der Waals surface area contributed by atoms with Crippen molar-refractivity contribution < 1.29 is 24.0 Å². The summed E-state index contributed by atoms with van der Waals surface area (Å²) in [5.41, 5.74) is 6.23. The number of rotatable bonds is 11. The summed E-state index contributed by atoms with van der Waals surface area (Å²) in [5.74, 6) is -1.13. The van der Waals surface area contributed by atoms with Crippen molar-refractivity contribution in [2.24, 2.45) is 5.73 Å². The van der Waals surface area contributed by atoms with Crippen molar-refractivity contribution in [3.63, 3.8) is 0 Å². The van der Waals surface area contributed by atoms with E-state index in [2.05, 4.69) is 19.4 Å². The molecule has 2 atom stereocenters. The number of carbonyl (C=O) groups is 3. The van der Waals surface area contributed by atoms with E-state index in [9.17, 15) is 19.5 Å². The van der Waals surface area contributed by atoms with Crippen molar-refractivity contribution >= 4 is 52.1 Å². The highest BCUT2D eigenvalue weighted by atomic mass is 32.2. The zero-order valence-corrected chi connectivity index (χ0v) is 22.7. The molecule has 1 fully saturated rings. The van der Waals surface area contributed by atoms with E-state index in [-0.39, 0.29) is 23.3 Å². The van der Waals surface area contributed by atoms with Crippen LogP contribution in [-0.4, -0.2) is 88.9 Å². The molecule has 2 amide bonds. The number of fused-ring (bicyclic) bond motifs is 2. The quantitative estimate of drug-likeness (QED) is 0.228. The number of allylic oxidation sites excluding steroid dienone is 1. The molecular weight excluding hydrogens is 508 g/mol. The summed E-state index contributed by atoms with van der Waals surface area (Å²) in [6, 6.07) is 13.3. The number of aliphatic carboxylic acids is 1. The number of amides is 2. The Hall–Kier alpha value is -2.79. The lowest BCUT2D eigenvalue weighted by molar-refractivity contribution is -0.884. The Kier molecular flexibility index (Phi) is 8.63. The minimum Gasteiger partial charge on any atom is -0.477 e. The van der Waals surface area contributed by atoms with Crippen LogP contribution in [0.5, 0.6) is 0 Å². The second kappa shape index (κ2) is 11.7. The average molecular weight is 542 g/mol. The van der Waals surface area contributed by atoms with Crippen LogP contribution in [-0.2, 0) is 14.4 Å². The number of benzene rings is 2. The van der Waals surface area contributed by atoms with Gasteiger partial charge in [0, 0.05) is 17.1 Å². The average Bonchev–Trinajstić information content (AvgIpc) is 2.88. The van der Waals surface area contributed by atoms with Crippen molar-refractivity contribution in [3.05, 3.63) is 65.9 Å². The van der Waals surface area contributed by atoms with Gasteiger partial charge in [0.15, 0.2) is 0 Å². The number of hydrogen-bond acceptors (Lipinski definition) is 6. The van der Waals surface area contributed by atoms with Crippen LogP contribution in [0.2, 0.25) is 0 Å². The molecule has 0 aromatic heterocycles. The van der Waals surface area contributed by atoms with Gasteiger partial charge in [-0.05, 0) is 41.1 Å². The van der Waals surface area contributed by atoms with Crippen LogP contribution in [0.4, 0.5) is 0 Å². The molecular formula is C27H33N4O4S2+. The molecule has 0 saturated carbocycles. The molecule has 4 rings (SSSR count). The molecule has 0 radical (unpaired) electrons. The number of quaternary nitrogens is 1. The topological polar surface area (TPSA) is 113 Å². The highest BCUT2D eigenvalue weighted by Crippen LogP contribution is 2.40. The standard InChI is InChI=1S/C27H32N4O4S2/c1-31(2,14-6-12-28)13-5-9-20-16-37-26-23(25(33)30(26)24(20)27(34)35)29-22(32)17-36-21-11-10-18-7-3-4-8-19(18)15-21/h3-5,7-11,15,23,26H,6,12-14,16-17,28H2,1-2H3,(H-,29,32,34,35)/p+1/t23-,26-/m1/s1. The molecule has 0 aliphatic carbocycles. The summed E-state index contributed by atoms with van der Waals surface area (Å²) in [6.45, 7) is 2.29. The first-order valence-corrected chi connectivity index (χ1v) is 14.2. The number of nitrogens with two attached hydrogens (primary N) is 1. The van der Waals surface area contributed by atoms with Crippen LogP contribution in [0.1, 0.15) is 6.42 Å². The van der Waals surface area contributed by atoms with Gasteiger partial charge in [0.2, 0.25) is 5.91 Å². The normalized spacial score (nSPS) is 19.8. The first-order valence-electron chi connectivity index (χ1n) is 12.2. The third-order valence-electron chi connectivity index (χ3n) is 6.49. The van der Waals surface area contributed by atoms with E-state index >= 15 is 0 Å². The first kappa shape index (κ1) is 27.3. The van der Waals surface area contributed by atoms with Crippen molar-refractivity contribution in [2.45, 2.75) is 22.7 Å². The lowest BCUT2D eigenvalue weighted by Gasteiger charge is -2.49. The van der Waals surface area contributed by atoms with Crippen molar-refractivity contribution in [1.82, 2.24) is 10.2 Å². The summed E-state index contributed by atoms with van der Waals surface area (Å²) >= 11 is 2.88. The maximum Gasteiger partial charge on any atom is 0.352 e. The minimum absolute atomic E-state index is 0.00769. The van der Waals surface area contributed by atoms with E-state index in [1.54, 1.807) is 0 Å². The minimum atomic E-state index is -1.13. The van der Waals surface area contributed by atoms with Gasteiger partial charge in [-0.25, -0.2) is 4.79 Å². The summed E-state index contributed by atoms with van der Waals surface area (Å²) in [4.78, 5) is 39.9. The molecule has 4 N–H and O–H groups in total. The van der Waals surface area contributed by atoms with Crippen LogP contribution >= 0.6 is 23.5 Å². The van der Waals surface area contributed by atoms with E-state index < -0.39 is 17.4 Å². The number of carboxylic acid groups (broad SMARTS) is 1. The van der Waals surface area contributed by atoms with Gasteiger partial charge in [-0.2, -0.15) is 0 Å². The van der Waals surface area contributed by atoms with Gasteiger partial charge >= 0.3 is 5.97 Å². The van der Waals surface area contributed by atoms with E-state index in [1.165, 1.54) is 28.4 Å². The van der Waals surface area contributed by atoms with Crippen molar-refractivity contribution in [2.75, 3.05) is 45.2 Å². The van der Waals surface area contributed by atoms with Crippen molar-refractivity contribution in [1.29, 1.82) is 0 Å². The Morgan fingerprint density at radius 1 is 1.24 bits per heavy atom. The van der Waals surface area contributed by atoms with Crippen molar-refractivity contribution in [3.8, 4) is 0 Å². The maximum absolute atomic E-state index is 12.9. The third-order valence-corrected chi connectivity index (χ3v) is 8.79. The van der Waals surface area contributed by atoms with Crippen LogP contribution in [0.3, 0.4) is 0 Å². The first-order chi connectivity index (χ1) is 17.7. The Morgan fingerprint density at radius 2 is 2.00 bits per heavy atom. The fraction of sp³-hybridized carbons (Fsp3) is 0.370. The lowest BCUT2D eigenvalue weighted by Crippen LogP contribution is -2.70. The van der Waals surface area contributed by atoms with Gasteiger partial charge < -0.3 is 20.6 Å². The van der Waals surface area contributed by atoms with E-state index in [4.69, 9.17) is 5.73 Å². The predicted octanol–water partition coefficient (Wildman–Crippen LogP) is 2.65. The number of carbonyl (C=O) groups excluding carboxylic acids is 2. The van der Waals surface area contributed by atoms with Crippen LogP contribution in [0.25, 0.3) is 10.8 Å². The predicted molar refractivity (Wildman–Crippen MR) is 149 cm³/mol. The number of thioether (sulfide) groups is 2. The van der Waals surface area contributed by atoms with E-state index in [1.807, 2.05) is 54.6 Å². The molecule has 196 valence electrons. The fourth-order valence-electron chi connectivity index (χ4n) is 4.48. The Morgan fingerprint density at radius 3 is 2.73 bits per heavy atom. The number of likely N-dealkylation sites (N-methyl/N-ethyl adjacent to an activating group) is 1. The van der Waals surface area contributed by atoms with Gasteiger partial charge in [0.05, 0.1) is 32.9 Å². The number of nitrogens with one attached hydrogen (secondary N) is 1. The van der Waals surface area contributed by atoms with Gasteiger partial charge in [0.1, 0.15) is 17.1 Å². The number of carboxylic acids is 1. The Labute approximate surface area is 225 Å². The van der Waals surface area contributed by atoms with Gasteiger partial charge in [-0.15, -0.1) is 23.5 Å². The maximum atomic E-state index is 12.9. The molecule has 2 aliphatic rings. The SMILES string of the molecule is C[N+](C)(CC=CC1=C(C(=O)O)N2C(=O)[C@@H](NC(=O)CSc3ccc4ccccc4c3)[C@H]2SC1)CCCN. The molecule has 10 heteroatoms. The molecule has 2 heterocycles. The zero-order valence-electron chi connectivity index (χ0n) is 21.1. The molecule has 2 aliphatic heterocycles. The van der Waals surface area contributed by atoms with Crippen LogP contribution < -0.4 is 11.1 Å². The van der Waals surface area contributed by atoms with E-state index in [0.717, 1.165) is 39.7 Å². The molecule has 2 aromatic rings. The van der Waals surface area contributed by atoms with E-state index in [0.29, 0.717) is 17.9 Å². The summed E-state index contributed by atoms with van der Waals surface area (Å²) in [6.07, 6.45) is 4.69. The van der Waals surface area contributed by atoms with Crippen LogP contribution in [0.15, 0.2) is 70.8 Å². The second-order valence-electron chi connectivity index (χ2n) is 9.82. The number of β-lactam (4-membered cyclic amide) rings is 1. The molecule has 37 heavy (non-hydrogen) atoms. The van der Waals surface area contributed by atoms with Crippen LogP contribution in [0, 0.1) is 0 Å². The summed E-state index contributed by atoms with van der Waals surface area (Å²) in [7, 11) is 4.20. The second-order valence-corrected chi connectivity index (χ2v) is 12.0. The molecule has 2 aromatic carbocycles. The molecule has 0 bridgehead atoms.